The molecule has 86 valence electrons. The summed E-state index contributed by atoms with van der Waals surface area (Å²) in [5.41, 5.74) is 0. The van der Waals surface area contributed by atoms with Crippen molar-refractivity contribution in [3.05, 3.63) is 0 Å². The Labute approximate surface area is 142 Å². The van der Waals surface area contributed by atoms with Gasteiger partial charge in [0.05, 0.1) is 25.7 Å². The summed E-state index contributed by atoms with van der Waals surface area (Å²) in [7, 11) is 0. The Balaban J connectivity index is -0.000000221. The first-order chi connectivity index (χ1) is 6.99. The maximum atomic E-state index is 10.2. The van der Waals surface area contributed by atoms with E-state index in [1.807, 2.05) is 0 Å². The van der Waals surface area contributed by atoms with E-state index in [0.29, 0.717) is 0 Å². The first-order valence-electron chi connectivity index (χ1n) is 3.92. The van der Waals surface area contributed by atoms with Crippen LogP contribution in [-0.2, 0) is 4.79 Å². The van der Waals surface area contributed by atoms with Crippen LogP contribution in [0.15, 0.2) is 9.98 Å². The molecule has 0 atom stereocenters. The van der Waals surface area contributed by atoms with Crippen LogP contribution >= 0.6 is 0 Å². The molecule has 8 nitrogen and oxygen atoms in total. The van der Waals surface area contributed by atoms with Gasteiger partial charge in [0.25, 0.3) is 5.91 Å². The van der Waals surface area contributed by atoms with E-state index in [2.05, 4.69) is 9.98 Å². The minimum Gasteiger partial charge on any atom is -0.861 e. The van der Waals surface area contributed by atoms with Crippen molar-refractivity contribution in [3.63, 3.8) is 0 Å². The molecule has 10 heteroatoms. The van der Waals surface area contributed by atoms with Gasteiger partial charge < -0.3 is 25.5 Å². The molecule has 0 unspecified atom stereocenters. The smallest absolute Gasteiger partial charge is 0.861 e. The summed E-state index contributed by atoms with van der Waals surface area (Å²) in [6.07, 6.45) is -1.32. The zero-order valence-corrected chi connectivity index (χ0v) is 13.7. The maximum absolute atomic E-state index is 10.2. The second kappa shape index (κ2) is 12.9. The van der Waals surface area contributed by atoms with Crippen LogP contribution in [0.4, 0.5) is 0 Å². The fourth-order valence-electron chi connectivity index (χ4n) is 0.505. The van der Waals surface area contributed by atoms with Crippen LogP contribution in [0.3, 0.4) is 0 Å². The monoisotopic (exact) mass is 264 g/mol. The molecule has 1 rings (SSSR count). The van der Waals surface area contributed by atoms with Crippen LogP contribution in [0.2, 0.25) is 0 Å². The summed E-state index contributed by atoms with van der Waals surface area (Å²) in [4.78, 5) is 16.0. The van der Waals surface area contributed by atoms with Crippen LogP contribution in [0.1, 0.15) is 6.42 Å². The SMILES string of the molecule is O=C1CC([O-])=NC([O-])=N1.OCC(O)CO.[Na+].[Na+]. The van der Waals surface area contributed by atoms with Gasteiger partial charge in [0, 0.05) is 0 Å². The summed E-state index contributed by atoms with van der Waals surface area (Å²) < 4.78 is 0. The molecule has 0 aromatic rings. The average molecular weight is 264 g/mol. The molecule has 3 N–H and O–H groups in total. The van der Waals surface area contributed by atoms with Crippen molar-refractivity contribution in [1.82, 2.24) is 0 Å². The quantitative estimate of drug-likeness (QED) is 0.421. The number of aliphatic imine (C=N–C) groups is 2. The number of aliphatic hydroxyl groups excluding tert-OH is 3. The number of hydrogen-bond donors (Lipinski definition) is 3. The molecule has 1 aliphatic rings. The number of hydrogen-bond acceptors (Lipinski definition) is 7. The normalized spacial score (nSPS) is 13.5. The Morgan fingerprint density at radius 1 is 1.18 bits per heavy atom. The fourth-order valence-corrected chi connectivity index (χ4v) is 0.505. The third-order valence-corrected chi connectivity index (χ3v) is 1.16. The van der Waals surface area contributed by atoms with Gasteiger partial charge in [-0.1, -0.05) is 0 Å². The molecule has 0 spiro atoms. The van der Waals surface area contributed by atoms with Gasteiger partial charge in [0.2, 0.25) is 0 Å². The molecule has 1 amide bonds. The van der Waals surface area contributed by atoms with E-state index in [0.717, 1.165) is 0 Å². The number of amides is 1. The van der Waals surface area contributed by atoms with Crippen molar-refractivity contribution in [3.8, 4) is 0 Å². The molecule has 0 aromatic carbocycles. The predicted molar refractivity (Wildman–Crippen MR) is 44.7 cm³/mol. The predicted octanol–water partition coefficient (Wildman–Crippen LogP) is -10.3. The third-order valence-electron chi connectivity index (χ3n) is 1.16. The van der Waals surface area contributed by atoms with Gasteiger partial charge in [-0.2, -0.15) is 0 Å². The molecule has 17 heavy (non-hydrogen) atoms. The van der Waals surface area contributed by atoms with Crippen LogP contribution in [-0.4, -0.2) is 52.5 Å². The Hall–Kier alpha value is 0.490. The molecule has 1 heterocycles. The van der Waals surface area contributed by atoms with Gasteiger partial charge in [0.15, 0.2) is 0 Å². The van der Waals surface area contributed by atoms with Crippen molar-refractivity contribution in [2.75, 3.05) is 13.2 Å². The summed E-state index contributed by atoms with van der Waals surface area (Å²) >= 11 is 0. The standard InChI is InChI=1S/C4H4N2O3.C3H8O3.2Na/c7-2-1-3(8)6-4(9)5-2;4-1-3(6)2-5;;/h1H2,(H2,5,6,7,8,9);3-6H,1-2H2;;/q;;2*+1/p-2. The molecule has 0 radical (unpaired) electrons. The van der Waals surface area contributed by atoms with E-state index in [9.17, 15) is 15.0 Å². The summed E-state index contributed by atoms with van der Waals surface area (Å²) in [6, 6.07) is -0.990. The molecule has 0 saturated carbocycles. The Kier molecular flexibility index (Phi) is 17.2. The van der Waals surface area contributed by atoms with Crippen molar-refractivity contribution < 1.29 is 89.4 Å². The number of carbonyl (C=O) groups excluding carboxylic acids is 1. The van der Waals surface area contributed by atoms with Gasteiger partial charge in [-0.3, -0.25) is 9.79 Å². The summed E-state index contributed by atoms with van der Waals surface area (Å²) in [5, 5.41) is 44.3. The maximum Gasteiger partial charge on any atom is 1.00 e. The van der Waals surface area contributed by atoms with Crippen molar-refractivity contribution >= 4 is 17.8 Å². The van der Waals surface area contributed by atoms with E-state index >= 15 is 0 Å². The first-order valence-corrected chi connectivity index (χ1v) is 3.92. The van der Waals surface area contributed by atoms with Gasteiger partial charge in [-0.15, -0.1) is 0 Å². The van der Waals surface area contributed by atoms with Gasteiger partial charge in [-0.05, 0) is 5.90 Å². The Morgan fingerprint density at radius 3 is 1.88 bits per heavy atom. The number of amidine groups is 1. The molecule has 1 aliphatic heterocycles. The second-order valence-corrected chi connectivity index (χ2v) is 2.49. The van der Waals surface area contributed by atoms with E-state index in [-0.39, 0.29) is 78.7 Å². The van der Waals surface area contributed by atoms with Gasteiger partial charge in [0.1, 0.15) is 6.10 Å². The second-order valence-electron chi connectivity index (χ2n) is 2.49. The summed E-state index contributed by atoms with van der Waals surface area (Å²) in [6.45, 7) is -0.729. The fraction of sp³-hybridized carbons (Fsp3) is 0.571. The molecule has 0 aliphatic carbocycles. The number of rotatable bonds is 2. The largest absolute Gasteiger partial charge is 1.00 e. The Bertz CT molecular complexity index is 280. The van der Waals surface area contributed by atoms with E-state index < -0.39 is 23.9 Å². The first kappa shape index (κ1) is 22.7. The molecule has 0 aromatic heterocycles. The molecule has 0 fully saturated rings. The zero-order valence-electron chi connectivity index (χ0n) is 9.66. The van der Waals surface area contributed by atoms with Crippen molar-refractivity contribution in [2.45, 2.75) is 12.5 Å². The van der Waals surface area contributed by atoms with E-state index in [4.69, 9.17) is 15.3 Å². The summed E-state index contributed by atoms with van der Waals surface area (Å²) in [5.74, 6) is -1.42. The Morgan fingerprint density at radius 2 is 1.65 bits per heavy atom. The van der Waals surface area contributed by atoms with E-state index in [1.54, 1.807) is 0 Å². The minimum atomic E-state index is -0.990. The number of aliphatic hydroxyl groups is 3. The molecular formula is C7H10N2Na2O6. The van der Waals surface area contributed by atoms with Crippen LogP contribution in [0.25, 0.3) is 0 Å². The van der Waals surface area contributed by atoms with Crippen molar-refractivity contribution in [1.29, 1.82) is 0 Å². The van der Waals surface area contributed by atoms with Gasteiger partial charge in [-0.25, -0.2) is 4.99 Å². The van der Waals surface area contributed by atoms with E-state index in [1.165, 1.54) is 0 Å². The van der Waals surface area contributed by atoms with Crippen LogP contribution in [0.5, 0.6) is 0 Å². The third kappa shape index (κ3) is 12.7. The minimum absolute atomic E-state index is 0. The number of nitrogens with zero attached hydrogens (tertiary/aromatic N) is 2. The topological polar surface area (TPSA) is 149 Å². The number of carbonyl (C=O) groups is 1. The van der Waals surface area contributed by atoms with Crippen molar-refractivity contribution in [2.24, 2.45) is 9.98 Å². The zero-order chi connectivity index (χ0) is 11.8. The van der Waals surface area contributed by atoms with Crippen LogP contribution < -0.4 is 69.3 Å². The average Bonchev–Trinajstić information content (AvgIpc) is 2.15. The molecule has 0 bridgehead atoms. The van der Waals surface area contributed by atoms with Crippen LogP contribution in [0, 0.1) is 0 Å². The molecule has 0 saturated heterocycles. The molecular weight excluding hydrogens is 254 g/mol. The van der Waals surface area contributed by atoms with Gasteiger partial charge >= 0.3 is 59.1 Å².